The fraction of sp³-hybridized carbons (Fsp3) is 0.469. The summed E-state index contributed by atoms with van der Waals surface area (Å²) in [5, 5.41) is 36.9. The molecule has 1 saturated carbocycles. The van der Waals surface area contributed by atoms with Gasteiger partial charge in [0.15, 0.2) is 5.82 Å². The van der Waals surface area contributed by atoms with Gasteiger partial charge in [-0.2, -0.15) is 13.2 Å². The van der Waals surface area contributed by atoms with Crippen molar-refractivity contribution in [2.24, 2.45) is 11.1 Å². The van der Waals surface area contributed by atoms with Crippen LogP contribution < -0.4 is 52.0 Å². The van der Waals surface area contributed by atoms with E-state index >= 15 is 0 Å². The highest BCUT2D eigenvalue weighted by Crippen LogP contribution is 2.42. The molecular formula is C49H60F4N12O9. The second kappa shape index (κ2) is 24.0. The van der Waals surface area contributed by atoms with E-state index in [2.05, 4.69) is 58.1 Å². The fourth-order valence-corrected chi connectivity index (χ4v) is 9.47. The quantitative estimate of drug-likeness (QED) is 0.0372. The maximum atomic E-state index is 14.9. The molecule has 4 fully saturated rings. The van der Waals surface area contributed by atoms with Crippen LogP contribution in [0, 0.1) is 11.2 Å². The number of nitrogens with two attached hydrogens (primary N) is 2. The van der Waals surface area contributed by atoms with Crippen molar-refractivity contribution < 1.29 is 61.2 Å². The first-order valence-electron chi connectivity index (χ1n) is 24.2. The molecule has 21 nitrogen and oxygen atoms in total. The Hall–Kier alpha value is -7.54. The number of fused-ring (bicyclic) bond motifs is 2. The molecule has 0 spiro atoms. The third-order valence-electron chi connectivity index (χ3n) is 13.6. The van der Waals surface area contributed by atoms with Gasteiger partial charge in [0.1, 0.15) is 36.2 Å². The third kappa shape index (κ3) is 13.5. The minimum absolute atomic E-state index is 0.0907. The molecule has 3 saturated heterocycles. The van der Waals surface area contributed by atoms with Gasteiger partial charge >= 0.3 is 24.1 Å². The summed E-state index contributed by atoms with van der Waals surface area (Å²) in [6.07, 6.45) is 0.126. The summed E-state index contributed by atoms with van der Waals surface area (Å²) in [5.41, 5.74) is 13.8. The summed E-state index contributed by atoms with van der Waals surface area (Å²) in [6.45, 7) is 8.25. The van der Waals surface area contributed by atoms with Gasteiger partial charge in [0.2, 0.25) is 17.7 Å². The van der Waals surface area contributed by atoms with Crippen molar-refractivity contribution in [3.8, 4) is 22.9 Å². The van der Waals surface area contributed by atoms with Gasteiger partial charge in [-0.15, -0.1) is 10.2 Å². The molecule has 25 heteroatoms. The number of nitrogens with zero attached hydrogens (tertiary/aromatic N) is 6. The Morgan fingerprint density at radius 1 is 0.973 bits per heavy atom. The zero-order valence-corrected chi connectivity index (χ0v) is 40.6. The van der Waals surface area contributed by atoms with E-state index in [0.717, 1.165) is 50.3 Å². The lowest BCUT2D eigenvalue weighted by atomic mass is 9.68. The number of aliphatic carboxylic acids is 2. The molecule has 2 aromatic heterocycles. The van der Waals surface area contributed by atoms with Crippen LogP contribution in [0.4, 0.5) is 45.2 Å². The van der Waals surface area contributed by atoms with Crippen molar-refractivity contribution in [1.29, 1.82) is 0 Å². The van der Waals surface area contributed by atoms with Gasteiger partial charge in [-0.25, -0.2) is 19.0 Å². The van der Waals surface area contributed by atoms with Gasteiger partial charge in [0.25, 0.3) is 0 Å². The van der Waals surface area contributed by atoms with Crippen LogP contribution in [0.3, 0.4) is 0 Å². The van der Waals surface area contributed by atoms with Crippen LogP contribution in [-0.4, -0.2) is 143 Å². The topological polar surface area (TPSA) is 293 Å². The van der Waals surface area contributed by atoms with Crippen LogP contribution in [0.1, 0.15) is 57.4 Å². The number of aromatic nitrogens is 3. The molecule has 4 atom stereocenters. The van der Waals surface area contributed by atoms with Crippen LogP contribution in [0.25, 0.3) is 11.3 Å². The van der Waals surface area contributed by atoms with Crippen molar-refractivity contribution in [2.45, 2.75) is 88.8 Å². The molecule has 8 rings (SSSR count). The number of nitrogens with one attached hydrogen (secondary N) is 4. The van der Waals surface area contributed by atoms with Gasteiger partial charge in [0.05, 0.1) is 11.4 Å². The molecule has 10 N–H and O–H groups in total. The number of amides is 4. The molecule has 0 radical (unpaired) electrons. The Labute approximate surface area is 423 Å². The molecule has 3 aliphatic heterocycles. The summed E-state index contributed by atoms with van der Waals surface area (Å²) in [4.78, 5) is 70.2. The number of carbonyl (C=O) groups excluding carboxylic acids is 3. The lowest BCUT2D eigenvalue weighted by Gasteiger charge is -2.43. The number of halogens is 4. The first kappa shape index (κ1) is 54.2. The monoisotopic (exact) mass is 1040 g/mol. The number of alkyl halides is 3. The highest BCUT2D eigenvalue weighted by molar-refractivity contribution is 6.05. The Morgan fingerprint density at radius 2 is 1.69 bits per heavy atom. The van der Waals surface area contributed by atoms with Gasteiger partial charge < -0.3 is 62.2 Å². The summed E-state index contributed by atoms with van der Waals surface area (Å²) in [6, 6.07) is 16.1. The molecule has 4 aliphatic rings. The van der Waals surface area contributed by atoms with Crippen LogP contribution in [0.2, 0.25) is 0 Å². The number of hydrogen-bond acceptors (Lipinski definition) is 15. The van der Waals surface area contributed by atoms with Crippen molar-refractivity contribution >= 4 is 52.7 Å². The maximum Gasteiger partial charge on any atom is 0.490 e. The molecule has 3 unspecified atom stereocenters. The van der Waals surface area contributed by atoms with Crippen LogP contribution >= 0.6 is 0 Å². The average molecular weight is 1040 g/mol. The standard InChI is InChI=1S/C47H59FN12O7.C2HF3O2/c1-29-25-51-18-19-58(29)20-21-66-41-23-33(13-17-52-41)60-34-10-11-35(60)27-59(26-34)39-24-38(56-57-42(39)49)36-22-31(48)7-12-40(36)67-28-30-5-8-32(9-6-30)54-43(61)37(4-2-16-53-46(50)65)55-44(62)47(45(63)64)14-3-15-47;3-2(4,5)1(6)7/h5-9,12-13,17,22-24,29,34-35,37,51H,2-4,10-11,14-16,18-21,25-28H2,1H3,(H2,49,57)(H,54,61)(H,55,62)(H,63,64)(H3,50,53,65);(H,6,7)/t29-,34?,35?,37?;/m1./s1. The number of anilines is 4. The minimum atomic E-state index is -5.08. The van der Waals surface area contributed by atoms with Gasteiger partial charge in [0, 0.05) is 93.1 Å². The molecule has 4 aromatic rings. The highest BCUT2D eigenvalue weighted by atomic mass is 19.4. The largest absolute Gasteiger partial charge is 0.490 e. The van der Waals surface area contributed by atoms with Gasteiger partial charge in [-0.1, -0.05) is 18.6 Å². The van der Waals surface area contributed by atoms with E-state index in [4.69, 9.17) is 30.8 Å². The Kier molecular flexibility index (Phi) is 17.6. The number of piperazine rings is 2. The number of ether oxygens (including phenoxy) is 2. The molecule has 1 aliphatic carbocycles. The molecule has 74 heavy (non-hydrogen) atoms. The van der Waals surface area contributed by atoms with E-state index in [1.54, 1.807) is 30.3 Å². The van der Waals surface area contributed by atoms with Crippen LogP contribution in [0.5, 0.6) is 11.6 Å². The summed E-state index contributed by atoms with van der Waals surface area (Å²) in [5.74, 6) is -4.46. The number of urea groups is 1. The number of benzene rings is 2. The van der Waals surface area contributed by atoms with Gasteiger partial charge in [-0.05, 0) is 93.5 Å². The van der Waals surface area contributed by atoms with Crippen molar-refractivity contribution in [2.75, 3.05) is 73.3 Å². The number of hydrogen-bond donors (Lipinski definition) is 8. The third-order valence-corrected chi connectivity index (χ3v) is 13.6. The Morgan fingerprint density at radius 3 is 2.32 bits per heavy atom. The SMILES string of the molecule is C[C@@H]1CNCCN1CCOc1cc(N2C3CCC2CN(c2cc(-c4cc(F)ccc4OCc4ccc(NC(=O)C(CCCNC(N)=O)NC(=O)C5(C(=O)O)CCC5)cc4)nnc2N)C3)ccn1.O=C(O)C(F)(F)F. The molecule has 2 bridgehead atoms. The van der Waals surface area contributed by atoms with Crippen LogP contribution in [0.15, 0.2) is 66.9 Å². The molecular weight excluding hydrogens is 977 g/mol. The van der Waals surface area contributed by atoms with Crippen molar-refractivity contribution in [1.82, 2.24) is 36.0 Å². The number of primary amides is 1. The lowest BCUT2D eigenvalue weighted by molar-refractivity contribution is -0.192. The summed E-state index contributed by atoms with van der Waals surface area (Å²) >= 11 is 0. The van der Waals surface area contributed by atoms with E-state index in [0.29, 0.717) is 72.8 Å². The molecule has 4 amide bonds. The normalized spacial score (nSPS) is 19.4. The second-order valence-corrected chi connectivity index (χ2v) is 18.6. The maximum absolute atomic E-state index is 14.9. The average Bonchev–Trinajstić information content (AvgIpc) is 3.61. The van der Waals surface area contributed by atoms with E-state index in [-0.39, 0.29) is 50.3 Å². The molecule has 398 valence electrons. The molecule has 5 heterocycles. The Balaban J connectivity index is 0.00000107. The molecule has 2 aromatic carbocycles. The fourth-order valence-electron chi connectivity index (χ4n) is 9.47. The zero-order chi connectivity index (χ0) is 53.2. The van der Waals surface area contributed by atoms with E-state index in [1.165, 1.54) is 12.1 Å². The number of carboxylic acids is 2. The smallest absolute Gasteiger partial charge is 0.488 e. The van der Waals surface area contributed by atoms with Crippen molar-refractivity contribution in [3.05, 3.63) is 78.2 Å². The minimum Gasteiger partial charge on any atom is -0.488 e. The summed E-state index contributed by atoms with van der Waals surface area (Å²) in [7, 11) is 0. The van der Waals surface area contributed by atoms with Crippen LogP contribution in [-0.2, 0) is 25.8 Å². The number of carbonyl (C=O) groups is 5. The predicted molar refractivity (Wildman–Crippen MR) is 263 cm³/mol. The Bertz CT molecular complexity index is 2630. The predicted octanol–water partition coefficient (Wildman–Crippen LogP) is 4.13. The zero-order valence-electron chi connectivity index (χ0n) is 40.6. The second-order valence-electron chi connectivity index (χ2n) is 18.6. The number of rotatable bonds is 19. The van der Waals surface area contributed by atoms with Gasteiger partial charge in [-0.3, -0.25) is 19.3 Å². The number of pyridine rings is 1. The number of carboxylic acid groups (broad SMARTS) is 2. The number of nitrogen functional groups attached to an aromatic ring is 1. The van der Waals surface area contributed by atoms with E-state index < -0.39 is 53.2 Å². The van der Waals surface area contributed by atoms with E-state index in [1.807, 2.05) is 24.4 Å². The van der Waals surface area contributed by atoms with E-state index in [9.17, 15) is 41.8 Å². The first-order valence-corrected chi connectivity index (χ1v) is 24.2. The highest BCUT2D eigenvalue weighted by Gasteiger charge is 2.52. The first-order chi connectivity index (χ1) is 35.3. The lowest BCUT2D eigenvalue weighted by Crippen LogP contribution is -2.55. The summed E-state index contributed by atoms with van der Waals surface area (Å²) < 4.78 is 59.0. The van der Waals surface area contributed by atoms with Crippen molar-refractivity contribution in [3.63, 3.8) is 0 Å².